The van der Waals surface area contributed by atoms with Crippen LogP contribution in [0.15, 0.2) is 30.5 Å². The number of rotatable bonds is 1. The average Bonchev–Trinajstić information content (AvgIpc) is 2.81. The molecule has 1 aliphatic rings. The Kier molecular flexibility index (Phi) is 2.07. The fourth-order valence-corrected chi connectivity index (χ4v) is 2.28. The summed E-state index contributed by atoms with van der Waals surface area (Å²) in [5.41, 5.74) is 10.7. The Hall–Kier alpha value is -1.61. The maximum atomic E-state index is 5.99. The van der Waals surface area contributed by atoms with Gasteiger partial charge < -0.3 is 5.73 Å². The second-order valence-corrected chi connectivity index (χ2v) is 4.47. The van der Waals surface area contributed by atoms with Crippen molar-refractivity contribution in [1.82, 2.24) is 9.78 Å². The fraction of sp³-hybridized carbons (Fsp3) is 0.308. The van der Waals surface area contributed by atoms with Crippen molar-refractivity contribution in [1.29, 1.82) is 0 Å². The lowest BCUT2D eigenvalue weighted by molar-refractivity contribution is 0.669. The van der Waals surface area contributed by atoms with E-state index in [9.17, 15) is 0 Å². The van der Waals surface area contributed by atoms with Gasteiger partial charge in [0.1, 0.15) is 0 Å². The van der Waals surface area contributed by atoms with Gasteiger partial charge in [-0.05, 0) is 43.0 Å². The molecule has 0 radical (unpaired) electrons. The number of nitrogens with two attached hydrogens (primary N) is 1. The molecular weight excluding hydrogens is 198 g/mol. The highest BCUT2D eigenvalue weighted by Crippen LogP contribution is 2.28. The molecule has 0 fully saturated rings. The van der Waals surface area contributed by atoms with Crippen LogP contribution in [0, 0.1) is 6.92 Å². The maximum absolute atomic E-state index is 5.99. The van der Waals surface area contributed by atoms with Crippen molar-refractivity contribution in [3.8, 4) is 5.69 Å². The molecule has 1 aromatic heterocycles. The molecular formula is C13H15N3. The van der Waals surface area contributed by atoms with E-state index < -0.39 is 0 Å². The number of fused-ring (bicyclic) bond motifs is 1. The van der Waals surface area contributed by atoms with Crippen molar-refractivity contribution in [2.75, 3.05) is 0 Å². The summed E-state index contributed by atoms with van der Waals surface area (Å²) in [7, 11) is 0. The number of hydrogen-bond acceptors (Lipinski definition) is 2. The first-order valence-electron chi connectivity index (χ1n) is 5.65. The van der Waals surface area contributed by atoms with Gasteiger partial charge in [0.05, 0.1) is 11.4 Å². The molecule has 2 N–H and O–H groups in total. The smallest absolute Gasteiger partial charge is 0.0828 e. The number of hydrogen-bond donors (Lipinski definition) is 1. The topological polar surface area (TPSA) is 43.8 Å². The highest BCUT2D eigenvalue weighted by atomic mass is 15.3. The zero-order chi connectivity index (χ0) is 11.1. The van der Waals surface area contributed by atoms with Crippen LogP contribution in [0.5, 0.6) is 0 Å². The lowest BCUT2D eigenvalue weighted by Gasteiger charge is -2.04. The van der Waals surface area contributed by atoms with E-state index in [2.05, 4.69) is 42.5 Å². The maximum Gasteiger partial charge on any atom is 0.0828 e. The van der Waals surface area contributed by atoms with Gasteiger partial charge in [0, 0.05) is 12.2 Å². The number of aryl methyl sites for hydroxylation is 2. The lowest BCUT2D eigenvalue weighted by atomic mass is 10.2. The van der Waals surface area contributed by atoms with Crippen LogP contribution in [0.1, 0.15) is 29.3 Å². The molecule has 3 nitrogen and oxygen atoms in total. The Labute approximate surface area is 94.9 Å². The number of benzene rings is 1. The van der Waals surface area contributed by atoms with Crippen LogP contribution in [-0.2, 0) is 6.42 Å². The number of aromatic nitrogens is 2. The third kappa shape index (κ3) is 1.44. The Bertz CT molecular complexity index is 528. The van der Waals surface area contributed by atoms with Gasteiger partial charge in [-0.1, -0.05) is 12.1 Å². The van der Waals surface area contributed by atoms with Gasteiger partial charge in [-0.25, -0.2) is 4.68 Å². The van der Waals surface area contributed by atoms with Crippen LogP contribution in [0.3, 0.4) is 0 Å². The molecule has 2 aromatic rings. The Balaban J connectivity index is 2.05. The third-order valence-electron chi connectivity index (χ3n) is 3.16. The molecule has 1 atom stereocenters. The molecule has 0 bridgehead atoms. The molecule has 1 aliphatic carbocycles. The van der Waals surface area contributed by atoms with E-state index in [4.69, 9.17) is 5.73 Å². The second kappa shape index (κ2) is 3.46. The van der Waals surface area contributed by atoms with Gasteiger partial charge >= 0.3 is 0 Å². The van der Waals surface area contributed by atoms with Gasteiger partial charge in [-0.15, -0.1) is 0 Å². The molecule has 0 saturated heterocycles. The van der Waals surface area contributed by atoms with Crippen molar-refractivity contribution in [3.05, 3.63) is 47.3 Å². The van der Waals surface area contributed by atoms with Crippen molar-refractivity contribution in [2.45, 2.75) is 25.8 Å². The quantitative estimate of drug-likeness (QED) is 0.788. The van der Waals surface area contributed by atoms with E-state index >= 15 is 0 Å². The Morgan fingerprint density at radius 2 is 2.31 bits per heavy atom. The summed E-state index contributed by atoms with van der Waals surface area (Å²) in [5, 5.41) is 4.57. The molecule has 1 heterocycles. The van der Waals surface area contributed by atoms with Crippen LogP contribution in [0.2, 0.25) is 0 Å². The van der Waals surface area contributed by atoms with E-state index in [1.54, 1.807) is 0 Å². The minimum absolute atomic E-state index is 0.126. The summed E-state index contributed by atoms with van der Waals surface area (Å²) < 4.78 is 1.94. The SMILES string of the molecule is Cc1cccc(-n2cc3c(n2)C(N)CC3)c1. The average molecular weight is 213 g/mol. The molecule has 1 unspecified atom stereocenters. The molecule has 0 aliphatic heterocycles. The van der Waals surface area contributed by atoms with Crippen molar-refractivity contribution < 1.29 is 0 Å². The highest BCUT2D eigenvalue weighted by Gasteiger charge is 2.23. The van der Waals surface area contributed by atoms with Crippen LogP contribution < -0.4 is 5.73 Å². The molecule has 0 saturated carbocycles. The van der Waals surface area contributed by atoms with Gasteiger partial charge in [-0.2, -0.15) is 5.10 Å². The van der Waals surface area contributed by atoms with E-state index in [0.29, 0.717) is 0 Å². The summed E-state index contributed by atoms with van der Waals surface area (Å²) >= 11 is 0. The molecule has 1 aromatic carbocycles. The first kappa shape index (κ1) is 9.60. The molecule has 3 rings (SSSR count). The van der Waals surface area contributed by atoms with E-state index in [1.165, 1.54) is 11.1 Å². The van der Waals surface area contributed by atoms with E-state index in [-0.39, 0.29) is 6.04 Å². The van der Waals surface area contributed by atoms with Crippen LogP contribution in [0.4, 0.5) is 0 Å². The van der Waals surface area contributed by atoms with Crippen molar-refractivity contribution in [2.24, 2.45) is 5.73 Å². The zero-order valence-corrected chi connectivity index (χ0v) is 9.35. The second-order valence-electron chi connectivity index (χ2n) is 4.47. The normalized spacial score (nSPS) is 18.8. The molecule has 0 amide bonds. The van der Waals surface area contributed by atoms with Gasteiger partial charge in [0.15, 0.2) is 0 Å². The molecule has 3 heteroatoms. The zero-order valence-electron chi connectivity index (χ0n) is 9.35. The van der Waals surface area contributed by atoms with Gasteiger partial charge in [0.2, 0.25) is 0 Å². The molecule has 16 heavy (non-hydrogen) atoms. The first-order chi connectivity index (χ1) is 7.74. The Morgan fingerprint density at radius 3 is 3.06 bits per heavy atom. The van der Waals surface area contributed by atoms with Crippen molar-refractivity contribution >= 4 is 0 Å². The predicted molar refractivity (Wildman–Crippen MR) is 63.6 cm³/mol. The largest absolute Gasteiger partial charge is 0.323 e. The minimum Gasteiger partial charge on any atom is -0.323 e. The monoisotopic (exact) mass is 213 g/mol. The van der Waals surface area contributed by atoms with Gasteiger partial charge in [0.25, 0.3) is 0 Å². The summed E-state index contributed by atoms with van der Waals surface area (Å²) in [4.78, 5) is 0. The first-order valence-corrected chi connectivity index (χ1v) is 5.65. The summed E-state index contributed by atoms with van der Waals surface area (Å²) in [5.74, 6) is 0. The summed E-state index contributed by atoms with van der Waals surface area (Å²) in [6.07, 6.45) is 4.20. The lowest BCUT2D eigenvalue weighted by Crippen LogP contribution is -2.08. The number of nitrogens with zero attached hydrogens (tertiary/aromatic N) is 2. The van der Waals surface area contributed by atoms with Crippen LogP contribution in [0.25, 0.3) is 5.69 Å². The standard InChI is InChI=1S/C13H15N3/c1-9-3-2-4-11(7-9)16-8-10-5-6-12(14)13(10)15-16/h2-4,7-8,12H,5-6,14H2,1H3. The summed E-state index contributed by atoms with van der Waals surface area (Å²) in [6.45, 7) is 2.09. The molecule has 0 spiro atoms. The minimum atomic E-state index is 0.126. The van der Waals surface area contributed by atoms with E-state index in [1.807, 2.05) is 4.68 Å². The fourth-order valence-electron chi connectivity index (χ4n) is 2.28. The molecule has 82 valence electrons. The van der Waals surface area contributed by atoms with Crippen LogP contribution >= 0.6 is 0 Å². The van der Waals surface area contributed by atoms with Crippen LogP contribution in [-0.4, -0.2) is 9.78 Å². The van der Waals surface area contributed by atoms with Crippen molar-refractivity contribution in [3.63, 3.8) is 0 Å². The third-order valence-corrected chi connectivity index (χ3v) is 3.16. The van der Waals surface area contributed by atoms with E-state index in [0.717, 1.165) is 24.2 Å². The summed E-state index contributed by atoms with van der Waals surface area (Å²) in [6, 6.07) is 8.47. The highest BCUT2D eigenvalue weighted by molar-refractivity contribution is 5.37. The predicted octanol–water partition coefficient (Wildman–Crippen LogP) is 2.13. The Morgan fingerprint density at radius 1 is 1.44 bits per heavy atom. The van der Waals surface area contributed by atoms with Gasteiger partial charge in [-0.3, -0.25) is 0 Å².